The van der Waals surface area contributed by atoms with Gasteiger partial charge in [0.25, 0.3) is 0 Å². The maximum absolute atomic E-state index is 14.1. The van der Waals surface area contributed by atoms with Crippen LogP contribution in [0.5, 0.6) is 0 Å². The Morgan fingerprint density at radius 3 is 2.80 bits per heavy atom. The van der Waals surface area contributed by atoms with Gasteiger partial charge >= 0.3 is 0 Å². The molecule has 3 rings (SSSR count). The molecule has 0 spiro atoms. The number of hydrogen-bond donors (Lipinski definition) is 0. The smallest absolute Gasteiger partial charge is 0.184 e. The van der Waals surface area contributed by atoms with Gasteiger partial charge < -0.3 is 4.57 Å². The van der Waals surface area contributed by atoms with Crippen LogP contribution in [0.25, 0.3) is 11.0 Å². The Kier molecular flexibility index (Phi) is 3.72. The highest BCUT2D eigenvalue weighted by molar-refractivity contribution is 7.07. The fourth-order valence-corrected chi connectivity index (χ4v) is 3.04. The molecule has 0 aliphatic heterocycles. The van der Waals surface area contributed by atoms with Gasteiger partial charge in [-0.2, -0.15) is 11.3 Å². The Morgan fingerprint density at radius 2 is 2.10 bits per heavy atom. The van der Waals surface area contributed by atoms with Crippen molar-refractivity contribution in [2.75, 3.05) is 5.88 Å². The van der Waals surface area contributed by atoms with E-state index in [0.29, 0.717) is 30.2 Å². The van der Waals surface area contributed by atoms with Gasteiger partial charge in [-0.25, -0.2) is 13.8 Å². The molecule has 0 atom stereocenters. The summed E-state index contributed by atoms with van der Waals surface area (Å²) in [5, 5.41) is 3.93. The average molecular weight is 313 g/mol. The minimum absolute atomic E-state index is 0.205. The van der Waals surface area contributed by atoms with E-state index in [0.717, 1.165) is 11.6 Å². The molecule has 0 aliphatic carbocycles. The lowest BCUT2D eigenvalue weighted by molar-refractivity contribution is 0.512. The topological polar surface area (TPSA) is 17.8 Å². The van der Waals surface area contributed by atoms with Crippen molar-refractivity contribution >= 4 is 34.0 Å². The largest absolute Gasteiger partial charge is 0.321 e. The first-order valence-electron chi connectivity index (χ1n) is 6.11. The SMILES string of the molecule is Fc1ccc2nc(CCCl)n(Cc3ccsc3)c2c1F. The van der Waals surface area contributed by atoms with Crippen LogP contribution >= 0.6 is 22.9 Å². The van der Waals surface area contributed by atoms with Gasteiger partial charge in [0, 0.05) is 12.3 Å². The first kappa shape index (κ1) is 13.5. The van der Waals surface area contributed by atoms with Crippen LogP contribution in [0.2, 0.25) is 0 Å². The van der Waals surface area contributed by atoms with Crippen LogP contribution in [0.4, 0.5) is 8.78 Å². The lowest BCUT2D eigenvalue weighted by atomic mass is 10.2. The van der Waals surface area contributed by atoms with Gasteiger partial charge in [0.15, 0.2) is 11.6 Å². The Hall–Kier alpha value is -1.46. The summed E-state index contributed by atoms with van der Waals surface area (Å²) in [5.74, 6) is -0.657. The van der Waals surface area contributed by atoms with Crippen LogP contribution < -0.4 is 0 Å². The minimum Gasteiger partial charge on any atom is -0.321 e. The molecule has 0 N–H and O–H groups in total. The third-order valence-electron chi connectivity index (χ3n) is 3.12. The molecule has 104 valence electrons. The molecule has 0 bridgehead atoms. The number of hydrogen-bond acceptors (Lipinski definition) is 2. The summed E-state index contributed by atoms with van der Waals surface area (Å²) < 4.78 is 29.2. The maximum Gasteiger partial charge on any atom is 0.184 e. The lowest BCUT2D eigenvalue weighted by Gasteiger charge is -2.08. The van der Waals surface area contributed by atoms with E-state index in [1.54, 1.807) is 15.9 Å². The third-order valence-corrected chi connectivity index (χ3v) is 4.04. The Bertz CT molecular complexity index is 737. The highest BCUT2D eigenvalue weighted by Gasteiger charge is 2.17. The molecular weight excluding hydrogens is 302 g/mol. The Labute approximate surface area is 123 Å². The van der Waals surface area contributed by atoms with Crippen molar-refractivity contribution in [1.82, 2.24) is 9.55 Å². The van der Waals surface area contributed by atoms with Crippen LogP contribution in [0.3, 0.4) is 0 Å². The highest BCUT2D eigenvalue weighted by atomic mass is 35.5. The monoisotopic (exact) mass is 312 g/mol. The quantitative estimate of drug-likeness (QED) is 0.660. The predicted octanol–water partition coefficient (Wildman–Crippen LogP) is 4.21. The van der Waals surface area contributed by atoms with E-state index < -0.39 is 11.6 Å². The van der Waals surface area contributed by atoms with Crippen molar-refractivity contribution in [2.45, 2.75) is 13.0 Å². The van der Waals surface area contributed by atoms with E-state index in [1.807, 2.05) is 16.8 Å². The number of fused-ring (bicyclic) bond motifs is 1. The molecule has 2 nitrogen and oxygen atoms in total. The van der Waals surface area contributed by atoms with Crippen molar-refractivity contribution in [3.63, 3.8) is 0 Å². The molecule has 0 radical (unpaired) electrons. The second-order valence-corrected chi connectivity index (χ2v) is 5.57. The molecule has 0 aliphatic rings. The summed E-state index contributed by atoms with van der Waals surface area (Å²) in [6, 6.07) is 4.55. The van der Waals surface area contributed by atoms with Crippen LogP contribution in [0.1, 0.15) is 11.4 Å². The van der Waals surface area contributed by atoms with Crippen molar-refractivity contribution in [3.05, 3.63) is 52.0 Å². The third kappa shape index (κ3) is 2.31. The van der Waals surface area contributed by atoms with Gasteiger partial charge in [0.1, 0.15) is 11.3 Å². The van der Waals surface area contributed by atoms with Gasteiger partial charge in [-0.1, -0.05) is 0 Å². The van der Waals surface area contributed by atoms with Crippen molar-refractivity contribution in [3.8, 4) is 0 Å². The van der Waals surface area contributed by atoms with E-state index in [2.05, 4.69) is 4.98 Å². The molecule has 2 heterocycles. The molecular formula is C14H11ClF2N2S. The van der Waals surface area contributed by atoms with E-state index in [1.165, 1.54) is 6.07 Å². The van der Waals surface area contributed by atoms with E-state index >= 15 is 0 Å². The molecule has 0 saturated heterocycles. The fraction of sp³-hybridized carbons (Fsp3) is 0.214. The number of aryl methyl sites for hydroxylation is 1. The molecule has 1 aromatic carbocycles. The Morgan fingerprint density at radius 1 is 1.25 bits per heavy atom. The first-order valence-corrected chi connectivity index (χ1v) is 7.58. The molecule has 6 heteroatoms. The minimum atomic E-state index is -0.860. The molecule has 0 saturated carbocycles. The van der Waals surface area contributed by atoms with E-state index in [9.17, 15) is 8.78 Å². The molecule has 20 heavy (non-hydrogen) atoms. The van der Waals surface area contributed by atoms with Crippen molar-refractivity contribution in [1.29, 1.82) is 0 Å². The highest BCUT2D eigenvalue weighted by Crippen LogP contribution is 2.24. The maximum atomic E-state index is 14.1. The molecule has 0 amide bonds. The number of aromatic nitrogens is 2. The number of rotatable bonds is 4. The summed E-state index contributed by atoms with van der Waals surface area (Å²) in [6.07, 6.45) is 0.515. The second-order valence-electron chi connectivity index (χ2n) is 4.41. The predicted molar refractivity (Wildman–Crippen MR) is 77.5 cm³/mol. The second kappa shape index (κ2) is 5.50. The number of nitrogens with zero attached hydrogens (tertiary/aromatic N) is 2. The van der Waals surface area contributed by atoms with Gasteiger partial charge in [-0.15, -0.1) is 11.6 Å². The number of imidazole rings is 1. The summed E-state index contributed by atoms with van der Waals surface area (Å²) in [5.41, 5.74) is 1.70. The molecule has 2 aromatic heterocycles. The average Bonchev–Trinajstić information content (AvgIpc) is 3.04. The van der Waals surface area contributed by atoms with Gasteiger partial charge in [0.2, 0.25) is 0 Å². The number of benzene rings is 1. The molecule has 0 unspecified atom stereocenters. The van der Waals surface area contributed by atoms with Gasteiger partial charge in [0.05, 0.1) is 12.1 Å². The van der Waals surface area contributed by atoms with E-state index in [-0.39, 0.29) is 5.52 Å². The standard InChI is InChI=1S/C14H11ClF2N2S/c15-5-3-12-18-11-2-1-10(16)13(17)14(11)19(12)7-9-4-6-20-8-9/h1-2,4,6,8H,3,5,7H2. The number of alkyl halides is 1. The summed E-state index contributed by atoms with van der Waals surface area (Å²) in [7, 11) is 0. The zero-order valence-corrected chi connectivity index (χ0v) is 12.0. The lowest BCUT2D eigenvalue weighted by Crippen LogP contribution is -2.06. The van der Waals surface area contributed by atoms with Crippen molar-refractivity contribution < 1.29 is 8.78 Å². The van der Waals surface area contributed by atoms with E-state index in [4.69, 9.17) is 11.6 Å². The summed E-state index contributed by atoms with van der Waals surface area (Å²) >= 11 is 7.34. The number of thiophene rings is 1. The molecule has 3 aromatic rings. The van der Waals surface area contributed by atoms with Crippen LogP contribution in [-0.4, -0.2) is 15.4 Å². The first-order chi connectivity index (χ1) is 9.70. The normalized spacial score (nSPS) is 11.3. The van der Waals surface area contributed by atoms with Crippen LogP contribution in [0.15, 0.2) is 29.0 Å². The molecule has 0 fully saturated rings. The van der Waals surface area contributed by atoms with Crippen molar-refractivity contribution in [2.24, 2.45) is 0 Å². The zero-order valence-electron chi connectivity index (χ0n) is 10.4. The van der Waals surface area contributed by atoms with Gasteiger partial charge in [-0.05, 0) is 34.5 Å². The van der Waals surface area contributed by atoms with Crippen LogP contribution in [-0.2, 0) is 13.0 Å². The summed E-state index contributed by atoms with van der Waals surface area (Å²) in [6.45, 7) is 0.465. The number of halogens is 3. The Balaban J connectivity index is 2.19. The van der Waals surface area contributed by atoms with Gasteiger partial charge in [-0.3, -0.25) is 0 Å². The van der Waals surface area contributed by atoms with Crippen LogP contribution in [0, 0.1) is 11.6 Å². The zero-order chi connectivity index (χ0) is 14.1. The fourth-order valence-electron chi connectivity index (χ4n) is 2.22. The summed E-state index contributed by atoms with van der Waals surface area (Å²) in [4.78, 5) is 4.36.